The van der Waals surface area contributed by atoms with Gasteiger partial charge in [0.15, 0.2) is 15.4 Å². The molecule has 6 N–H and O–H groups in total. The highest BCUT2D eigenvalue weighted by atomic mass is 32.2. The van der Waals surface area contributed by atoms with Crippen molar-refractivity contribution in [2.75, 3.05) is 100 Å². The van der Waals surface area contributed by atoms with Crippen molar-refractivity contribution in [1.29, 1.82) is 0 Å². The van der Waals surface area contributed by atoms with Crippen molar-refractivity contribution in [1.82, 2.24) is 55.2 Å². The van der Waals surface area contributed by atoms with Crippen LogP contribution in [0.4, 0.5) is 21.1 Å². The molecule has 8 aromatic rings. The van der Waals surface area contributed by atoms with E-state index >= 15 is 0 Å². The zero-order valence-electron chi connectivity index (χ0n) is 64.6. The summed E-state index contributed by atoms with van der Waals surface area (Å²) in [6.45, 7) is 26.9. The normalized spacial score (nSPS) is 16.9. The number of likely N-dealkylation sites (tertiary alicyclic amines) is 3. The van der Waals surface area contributed by atoms with Crippen LogP contribution in [0.5, 0.6) is 0 Å². The van der Waals surface area contributed by atoms with Crippen LogP contribution in [0.3, 0.4) is 0 Å². The van der Waals surface area contributed by atoms with E-state index in [0.29, 0.717) is 84.9 Å². The second-order valence-corrected chi connectivity index (χ2v) is 36.8. The summed E-state index contributed by atoms with van der Waals surface area (Å²) in [5.41, 5.74) is 4.34. The average Bonchev–Trinajstić information content (AvgIpc) is 1.35. The summed E-state index contributed by atoms with van der Waals surface area (Å²) in [6.07, 6.45) is 23.2. The largest absolute Gasteiger partial charge is 0.444 e. The van der Waals surface area contributed by atoms with Gasteiger partial charge in [-0.3, -0.25) is 28.8 Å². The molecule has 0 bridgehead atoms. The molecule has 4 aliphatic rings. The number of amides is 6. The quantitative estimate of drug-likeness (QED) is 0.0196. The number of likely N-dealkylation sites (N-methyl/N-ethyl adjacent to an activating group) is 1. The van der Waals surface area contributed by atoms with Crippen LogP contribution in [0.25, 0.3) is 0 Å². The molecular formula is C81H103N15O9S6. The summed E-state index contributed by atoms with van der Waals surface area (Å²) >= 11 is 10.1. The molecule has 0 radical (unpaired) electrons. The van der Waals surface area contributed by atoms with Gasteiger partial charge in [0.2, 0.25) is 29.5 Å². The van der Waals surface area contributed by atoms with Gasteiger partial charge in [-0.2, -0.15) is 0 Å². The fourth-order valence-electron chi connectivity index (χ4n) is 12.2. The molecule has 592 valence electrons. The smallest absolute Gasteiger partial charge is 0.253 e. The van der Waals surface area contributed by atoms with Gasteiger partial charge in [-0.15, -0.1) is 35.3 Å². The minimum atomic E-state index is -0.220. The highest BCUT2D eigenvalue weighted by Gasteiger charge is 2.30. The molecule has 24 nitrogen and oxygen atoms in total. The minimum absolute atomic E-state index is 0.00814. The lowest BCUT2D eigenvalue weighted by Gasteiger charge is -2.33. The Bertz CT molecular complexity index is 4380. The lowest BCUT2D eigenvalue weighted by molar-refractivity contribution is -0.117. The number of carbonyl (C=O) groups is 6. The molecule has 6 amide bonds. The van der Waals surface area contributed by atoms with Gasteiger partial charge in [0.1, 0.15) is 11.5 Å². The molecule has 111 heavy (non-hydrogen) atoms. The Kier molecular flexibility index (Phi) is 31.9. The Morgan fingerprint density at radius 2 is 0.910 bits per heavy atom. The summed E-state index contributed by atoms with van der Waals surface area (Å²) < 4.78 is 20.6. The van der Waals surface area contributed by atoms with Crippen LogP contribution in [0.2, 0.25) is 0 Å². The molecule has 5 aromatic heterocycles. The standard InChI is InChI=1S/C29H38N6O3S2.C27H33N5O3S2.C25H32N4O3S2/c1-29(2,3)23-16-30-25(38-23)19-39-26-17-31-28(40-26)33-22-8-6-15-35(18-22)27(37)20-10-12-21(13-11-20)32-24(36)9-7-14-34(4)5;1-5-22(33)28-13-18-8-10-19(11-9-18)25(34)32-12-6-7-20(16-32)31-26-30-15-24(37-26)36-17-23-29-14-21(35-23)27(2,3)4;1-2-22(30)26-14-18-5-7-20(8-6-18)24(31)29-11-3-4-21(16-29)28-25-27-15-23(34-25)33-17-19-9-12-32-13-10-19/h7,9-13,16-17,22H,6,8,14-15,18-19H2,1-5H3,(H,31,33)(H,32,36);5,8-11,14-15,20H,1,6-7,12-13,16-17H2,2-4H3,(H,28,33)(H,30,31);2,5-8,15,19,21H,1,3-4,9-14,16-17H2,(H,26,30)(H,27,28)/b9-7+;;/t22-;20-;21-/m111/s1. The molecule has 4 aliphatic heterocycles. The Morgan fingerprint density at radius 3 is 1.28 bits per heavy atom. The third kappa shape index (κ3) is 27.3. The number of aromatic nitrogens is 5. The topological polar surface area (TPSA) is 288 Å². The van der Waals surface area contributed by atoms with Gasteiger partial charge in [-0.1, -0.05) is 119 Å². The van der Waals surface area contributed by atoms with Crippen molar-refractivity contribution < 1.29 is 42.3 Å². The number of carbonyl (C=O) groups excluding carboxylic acids is 6. The lowest BCUT2D eigenvalue weighted by atomic mass is 9.94. The van der Waals surface area contributed by atoms with E-state index in [0.717, 1.165) is 142 Å². The number of ether oxygens (including phenoxy) is 1. The minimum Gasteiger partial charge on any atom is -0.444 e. The number of piperidine rings is 3. The first-order chi connectivity index (χ1) is 53.4. The van der Waals surface area contributed by atoms with Crippen LogP contribution in [-0.4, -0.2) is 177 Å². The van der Waals surface area contributed by atoms with Crippen LogP contribution >= 0.6 is 69.3 Å². The Hall–Kier alpha value is -8.62. The van der Waals surface area contributed by atoms with E-state index in [1.54, 1.807) is 87.9 Å². The molecule has 4 saturated heterocycles. The molecule has 3 aromatic carbocycles. The summed E-state index contributed by atoms with van der Waals surface area (Å²) in [5, 5.41) is 21.5. The van der Waals surface area contributed by atoms with Gasteiger partial charge in [0.05, 0.1) is 55.1 Å². The van der Waals surface area contributed by atoms with Crippen molar-refractivity contribution in [3.8, 4) is 0 Å². The van der Waals surface area contributed by atoms with Gasteiger partial charge in [0.25, 0.3) is 17.7 Å². The number of thioether (sulfide) groups is 3. The van der Waals surface area contributed by atoms with E-state index in [1.807, 2.05) is 125 Å². The number of oxazole rings is 2. The van der Waals surface area contributed by atoms with Gasteiger partial charge < -0.3 is 65.1 Å². The lowest BCUT2D eigenvalue weighted by Crippen LogP contribution is -2.45. The molecule has 30 heteroatoms. The SMILES string of the molecule is C=CC(=O)NCc1ccc(C(=O)N2CCC[C@@H](Nc3ncc(SCC4CCOCC4)s3)C2)cc1.C=CC(=O)NCc1ccc(C(=O)N2CCC[C@@H](Nc3ncc(SCc4ncc(C(C)(C)C)o4)s3)C2)cc1.CN(C)C/C=C/C(=O)Nc1ccc(C(=O)N2CCC[C@@H](Nc3ncc(SCc4ncc(C(C)(C)C)o4)s3)C2)cc1. The fourth-order valence-corrected chi connectivity index (χ4v) is 18.0. The van der Waals surface area contributed by atoms with Gasteiger partial charge in [0, 0.05) is 135 Å². The molecule has 9 heterocycles. The maximum absolute atomic E-state index is 13.2. The van der Waals surface area contributed by atoms with Gasteiger partial charge in [-0.05, 0) is 143 Å². The Balaban J connectivity index is 0.000000177. The second-order valence-electron chi connectivity index (χ2n) is 29.8. The predicted octanol–water partition coefficient (Wildman–Crippen LogP) is 14.9. The molecule has 3 atom stereocenters. The van der Waals surface area contributed by atoms with Crippen LogP contribution in [0.1, 0.15) is 158 Å². The first-order valence-corrected chi connectivity index (χ1v) is 42.9. The Morgan fingerprint density at radius 1 is 0.523 bits per heavy atom. The first kappa shape index (κ1) is 84.8. The zero-order chi connectivity index (χ0) is 78.9. The molecule has 0 saturated carbocycles. The van der Waals surface area contributed by atoms with E-state index in [9.17, 15) is 28.8 Å². The van der Waals surface area contributed by atoms with Gasteiger partial charge in [-0.25, -0.2) is 24.9 Å². The third-order valence-corrected chi connectivity index (χ3v) is 25.0. The fraction of sp³-hybridized carbons (Fsp3) is 0.444. The van der Waals surface area contributed by atoms with Crippen LogP contribution < -0.4 is 31.9 Å². The zero-order valence-corrected chi connectivity index (χ0v) is 69.5. The number of nitrogens with one attached hydrogen (secondary N) is 6. The summed E-state index contributed by atoms with van der Waals surface area (Å²) in [6, 6.07) is 22.3. The van der Waals surface area contributed by atoms with Crippen molar-refractivity contribution >= 4 is 126 Å². The summed E-state index contributed by atoms with van der Waals surface area (Å²) in [4.78, 5) is 104. The van der Waals surface area contributed by atoms with E-state index in [-0.39, 0.29) is 64.4 Å². The van der Waals surface area contributed by atoms with Gasteiger partial charge >= 0.3 is 0 Å². The average molecular weight is 1620 g/mol. The van der Waals surface area contributed by atoms with Crippen molar-refractivity contribution in [2.24, 2.45) is 5.92 Å². The van der Waals surface area contributed by atoms with Crippen LogP contribution in [-0.2, 0) is 54.5 Å². The maximum Gasteiger partial charge on any atom is 0.253 e. The maximum atomic E-state index is 13.2. The molecule has 12 rings (SSSR count). The van der Waals surface area contributed by atoms with Crippen molar-refractivity contribution in [3.63, 3.8) is 0 Å². The molecule has 0 aliphatic carbocycles. The Labute approximate surface area is 676 Å². The second kappa shape index (κ2) is 41.8. The van der Waals surface area contributed by atoms with Crippen molar-refractivity contribution in [2.45, 2.75) is 159 Å². The molecule has 0 unspecified atom stereocenters. The number of hydrogen-bond donors (Lipinski definition) is 6. The number of anilines is 4. The molecular weight excluding hydrogens is 1520 g/mol. The number of hydrogen-bond acceptors (Lipinski definition) is 24. The molecule has 4 fully saturated rings. The van der Waals surface area contributed by atoms with E-state index in [4.69, 9.17) is 13.6 Å². The first-order valence-electron chi connectivity index (χ1n) is 37.5. The van der Waals surface area contributed by atoms with Crippen molar-refractivity contribution in [3.05, 3.63) is 192 Å². The number of rotatable bonds is 28. The van der Waals surface area contributed by atoms with Crippen LogP contribution in [0, 0.1) is 5.92 Å². The van der Waals surface area contributed by atoms with E-state index in [2.05, 4.69) is 112 Å². The highest BCUT2D eigenvalue weighted by Crippen LogP contribution is 2.37. The number of benzene rings is 3. The summed E-state index contributed by atoms with van der Waals surface area (Å²) in [5.74, 6) is 5.79. The summed E-state index contributed by atoms with van der Waals surface area (Å²) in [7, 11) is 3.88. The van der Waals surface area contributed by atoms with Crippen LogP contribution in [0.15, 0.2) is 163 Å². The number of nitrogens with zero attached hydrogens (tertiary/aromatic N) is 9. The third-order valence-electron chi connectivity index (χ3n) is 18.5. The highest BCUT2D eigenvalue weighted by molar-refractivity contribution is 8.01. The monoisotopic (exact) mass is 1620 g/mol. The molecule has 0 spiro atoms. The van der Waals surface area contributed by atoms with E-state index in [1.165, 1.54) is 22.4 Å². The van der Waals surface area contributed by atoms with E-state index < -0.39 is 0 Å². The predicted molar refractivity (Wildman–Crippen MR) is 448 cm³/mol. The number of thiazole rings is 3.